The fourth-order valence-corrected chi connectivity index (χ4v) is 2.14. The molecule has 3 rings (SSSR count). The number of aliphatic imine (C=N–C) groups is 2. The fourth-order valence-electron chi connectivity index (χ4n) is 2.14. The lowest BCUT2D eigenvalue weighted by atomic mass is 10.2. The van der Waals surface area contributed by atoms with Crippen LogP contribution in [0.2, 0.25) is 0 Å². The molecule has 0 aliphatic rings. The number of carbonyl (C=O) groups is 1. The lowest BCUT2D eigenvalue weighted by molar-refractivity contribution is 0.0976. The molecule has 0 aliphatic heterocycles. The van der Waals surface area contributed by atoms with Gasteiger partial charge in [0.2, 0.25) is 5.96 Å². The lowest BCUT2D eigenvalue weighted by Crippen LogP contribution is -2.28. The van der Waals surface area contributed by atoms with Gasteiger partial charge in [-0.15, -0.1) is 0 Å². The molecule has 0 bridgehead atoms. The van der Waals surface area contributed by atoms with Crippen molar-refractivity contribution in [3.8, 4) is 0 Å². The number of amides is 1. The molecule has 1 aromatic carbocycles. The Bertz CT molecular complexity index is 897. The van der Waals surface area contributed by atoms with E-state index < -0.39 is 0 Å². The Morgan fingerprint density at radius 3 is 2.74 bits per heavy atom. The van der Waals surface area contributed by atoms with Crippen LogP contribution in [-0.4, -0.2) is 23.6 Å². The minimum absolute atomic E-state index is 0.131. The molecular weight excluding hydrogens is 292 g/mol. The molecule has 3 aromatic rings. The zero-order chi connectivity index (χ0) is 16.2. The number of nitrogens with zero attached hydrogens (tertiary/aromatic N) is 3. The number of rotatable bonds is 2. The third kappa shape index (κ3) is 3.32. The molecule has 0 saturated carbocycles. The normalized spacial score (nSPS) is 11.4. The summed E-state index contributed by atoms with van der Waals surface area (Å²) in [6.45, 7) is 5.33. The summed E-state index contributed by atoms with van der Waals surface area (Å²) in [6.07, 6.45) is 3.09. The minimum Gasteiger partial charge on any atom is -0.461 e. The molecule has 23 heavy (non-hydrogen) atoms. The number of pyridine rings is 1. The van der Waals surface area contributed by atoms with Crippen molar-refractivity contribution in [3.63, 3.8) is 0 Å². The van der Waals surface area contributed by atoms with Gasteiger partial charge in [-0.1, -0.05) is 0 Å². The number of guanidine groups is 1. The Balaban J connectivity index is 1.85. The molecule has 0 radical (unpaired) electrons. The molecule has 0 saturated heterocycles. The van der Waals surface area contributed by atoms with Gasteiger partial charge in [-0.25, -0.2) is 9.98 Å². The highest BCUT2D eigenvalue weighted by Crippen LogP contribution is 2.24. The molecule has 2 aromatic heterocycles. The van der Waals surface area contributed by atoms with Crippen molar-refractivity contribution in [2.45, 2.75) is 6.92 Å². The summed E-state index contributed by atoms with van der Waals surface area (Å²) in [5, 5.41) is 3.55. The second kappa shape index (κ2) is 6.23. The highest BCUT2D eigenvalue weighted by Gasteiger charge is 2.08. The maximum Gasteiger partial charge on any atom is 0.258 e. The van der Waals surface area contributed by atoms with Crippen LogP contribution in [0, 0.1) is 6.92 Å². The molecular formula is C17H14N4O2. The Kier molecular flexibility index (Phi) is 3.97. The number of benzene rings is 1. The van der Waals surface area contributed by atoms with Gasteiger partial charge in [0.05, 0.1) is 5.69 Å². The number of fused-ring (bicyclic) bond motifs is 1. The van der Waals surface area contributed by atoms with Crippen LogP contribution in [0.3, 0.4) is 0 Å². The van der Waals surface area contributed by atoms with Gasteiger partial charge in [0, 0.05) is 23.3 Å². The first-order valence-corrected chi connectivity index (χ1v) is 6.93. The zero-order valence-corrected chi connectivity index (χ0v) is 12.5. The van der Waals surface area contributed by atoms with Gasteiger partial charge in [0.1, 0.15) is 11.3 Å². The number of carbonyl (C=O) groups excluding carboxylic acids is 1. The third-order valence-corrected chi connectivity index (χ3v) is 3.18. The fraction of sp³-hybridized carbons (Fsp3) is 0.0588. The van der Waals surface area contributed by atoms with Crippen molar-refractivity contribution in [1.82, 2.24) is 10.3 Å². The summed E-state index contributed by atoms with van der Waals surface area (Å²) in [5.41, 5.74) is 1.91. The van der Waals surface area contributed by atoms with Crippen LogP contribution in [0.5, 0.6) is 0 Å². The molecule has 1 N–H and O–H groups in total. The number of hydrogen-bond donors (Lipinski definition) is 1. The predicted octanol–water partition coefficient (Wildman–Crippen LogP) is 3.25. The van der Waals surface area contributed by atoms with Gasteiger partial charge >= 0.3 is 0 Å². The largest absolute Gasteiger partial charge is 0.461 e. The zero-order valence-electron chi connectivity index (χ0n) is 12.5. The van der Waals surface area contributed by atoms with E-state index in [1.807, 2.05) is 25.1 Å². The average Bonchev–Trinajstić information content (AvgIpc) is 2.94. The summed E-state index contributed by atoms with van der Waals surface area (Å²) < 4.78 is 5.52. The van der Waals surface area contributed by atoms with Crippen LogP contribution < -0.4 is 5.32 Å². The maximum atomic E-state index is 12.1. The van der Waals surface area contributed by atoms with E-state index in [0.29, 0.717) is 11.3 Å². The van der Waals surface area contributed by atoms with Gasteiger partial charge < -0.3 is 4.42 Å². The molecule has 1 amide bonds. The van der Waals surface area contributed by atoms with Crippen LogP contribution in [0.15, 0.2) is 63.2 Å². The van der Waals surface area contributed by atoms with Gasteiger partial charge in [-0.2, -0.15) is 0 Å². The van der Waals surface area contributed by atoms with Crippen LogP contribution in [0.4, 0.5) is 5.69 Å². The highest BCUT2D eigenvalue weighted by molar-refractivity contribution is 6.07. The Hall–Kier alpha value is -3.28. The van der Waals surface area contributed by atoms with Crippen molar-refractivity contribution in [1.29, 1.82) is 0 Å². The summed E-state index contributed by atoms with van der Waals surface area (Å²) in [5.74, 6) is 0.638. The molecule has 0 spiro atoms. The van der Waals surface area contributed by atoms with Crippen LogP contribution in [0.1, 0.15) is 16.1 Å². The average molecular weight is 306 g/mol. The van der Waals surface area contributed by atoms with Gasteiger partial charge in [-0.05, 0) is 50.0 Å². The molecule has 0 atom stereocenters. The first kappa shape index (κ1) is 14.6. The van der Waals surface area contributed by atoms with E-state index in [9.17, 15) is 4.79 Å². The van der Waals surface area contributed by atoms with E-state index in [1.165, 1.54) is 0 Å². The lowest BCUT2D eigenvalue weighted by Gasteiger charge is -2.04. The molecule has 0 fully saturated rings. The predicted molar refractivity (Wildman–Crippen MR) is 89.3 cm³/mol. The second-order valence-electron chi connectivity index (χ2n) is 4.86. The Labute approximate surface area is 132 Å². The van der Waals surface area contributed by atoms with E-state index in [-0.39, 0.29) is 11.9 Å². The first-order chi connectivity index (χ1) is 11.2. The Morgan fingerprint density at radius 1 is 1.22 bits per heavy atom. The van der Waals surface area contributed by atoms with Gasteiger partial charge in [0.25, 0.3) is 5.91 Å². The maximum absolute atomic E-state index is 12.1. The SMILES string of the molecule is C=NC(=Nc1ccc2oc(C)cc2c1)NC(=O)c1ccncc1. The van der Waals surface area contributed by atoms with Gasteiger partial charge in [-0.3, -0.25) is 15.1 Å². The Morgan fingerprint density at radius 2 is 2.00 bits per heavy atom. The molecule has 114 valence electrons. The number of aromatic nitrogens is 1. The van der Waals surface area contributed by atoms with Crippen LogP contribution in [-0.2, 0) is 0 Å². The molecule has 2 heterocycles. The van der Waals surface area contributed by atoms with Crippen molar-refractivity contribution in [2.75, 3.05) is 0 Å². The first-order valence-electron chi connectivity index (χ1n) is 6.93. The topological polar surface area (TPSA) is 79.9 Å². The minimum atomic E-state index is -0.321. The summed E-state index contributed by atoms with van der Waals surface area (Å²) in [7, 11) is 0. The third-order valence-electron chi connectivity index (χ3n) is 3.18. The molecule has 0 aliphatic carbocycles. The molecule has 0 unspecified atom stereocenters. The van der Waals surface area contributed by atoms with Crippen LogP contribution >= 0.6 is 0 Å². The van der Waals surface area contributed by atoms with Crippen LogP contribution in [0.25, 0.3) is 11.0 Å². The van der Waals surface area contributed by atoms with E-state index in [4.69, 9.17) is 4.42 Å². The molecule has 6 heteroatoms. The van der Waals surface area contributed by atoms with Crippen molar-refractivity contribution >= 4 is 35.2 Å². The quantitative estimate of drug-likeness (QED) is 0.583. The number of furan rings is 1. The van der Waals surface area contributed by atoms with Crippen molar-refractivity contribution in [3.05, 3.63) is 60.1 Å². The van der Waals surface area contributed by atoms with E-state index >= 15 is 0 Å². The smallest absolute Gasteiger partial charge is 0.258 e. The van der Waals surface area contributed by atoms with E-state index in [2.05, 4.69) is 27.0 Å². The standard InChI is InChI=1S/C17H14N4O2/c1-11-9-13-10-14(3-4-15(13)23-11)20-17(18-2)21-16(22)12-5-7-19-8-6-12/h3-10H,2H2,1H3,(H,20,21,22). The number of nitrogens with one attached hydrogen (secondary N) is 1. The van der Waals surface area contributed by atoms with E-state index in [0.717, 1.165) is 16.7 Å². The second-order valence-corrected chi connectivity index (χ2v) is 4.86. The summed E-state index contributed by atoms with van der Waals surface area (Å²) in [4.78, 5) is 24.0. The summed E-state index contributed by atoms with van der Waals surface area (Å²) in [6, 6.07) is 10.6. The van der Waals surface area contributed by atoms with E-state index in [1.54, 1.807) is 30.6 Å². The number of hydrogen-bond acceptors (Lipinski definition) is 4. The van der Waals surface area contributed by atoms with Gasteiger partial charge in [0.15, 0.2) is 0 Å². The highest BCUT2D eigenvalue weighted by atomic mass is 16.3. The van der Waals surface area contributed by atoms with Crippen molar-refractivity contribution < 1.29 is 9.21 Å². The summed E-state index contributed by atoms with van der Waals surface area (Å²) >= 11 is 0. The van der Waals surface area contributed by atoms with Crippen molar-refractivity contribution in [2.24, 2.45) is 9.98 Å². The molecule has 6 nitrogen and oxygen atoms in total. The monoisotopic (exact) mass is 306 g/mol. The number of aryl methyl sites for hydroxylation is 1.